The van der Waals surface area contributed by atoms with Crippen LogP contribution in [-0.4, -0.2) is 29.9 Å². The summed E-state index contributed by atoms with van der Waals surface area (Å²) in [6.45, 7) is -0.299. The van der Waals surface area contributed by atoms with E-state index in [0.29, 0.717) is 21.4 Å². The van der Waals surface area contributed by atoms with Crippen molar-refractivity contribution in [2.45, 2.75) is 55.2 Å². The van der Waals surface area contributed by atoms with Gasteiger partial charge in [-0.05, 0) is 18.9 Å². The van der Waals surface area contributed by atoms with E-state index in [1.54, 1.807) is 18.2 Å². The molecule has 2 aromatic heterocycles. The van der Waals surface area contributed by atoms with Gasteiger partial charge in [-0.25, -0.2) is 4.98 Å². The number of hydrogen-bond acceptors (Lipinski definition) is 5. The summed E-state index contributed by atoms with van der Waals surface area (Å²) in [6, 6.07) is 4.80. The standard InChI is InChI=1S/C17H17F3N4OS/c18-17(19,20)16-23-22-14-15(26-11-6-2-1-3-7-11)21-13-10(9-25)5-4-8-12(13)24(14)16/h4-5,8,11,25H,1-3,6-7,9H2. The van der Waals surface area contributed by atoms with E-state index in [-0.39, 0.29) is 17.8 Å². The van der Waals surface area contributed by atoms with Gasteiger partial charge in [0.05, 0.1) is 17.6 Å². The fraction of sp³-hybridized carbons (Fsp3) is 0.471. The third kappa shape index (κ3) is 3.03. The molecular formula is C17H17F3N4OS. The number of aromatic nitrogens is 4. The minimum atomic E-state index is -4.63. The molecule has 5 nitrogen and oxygen atoms in total. The van der Waals surface area contributed by atoms with Crippen molar-refractivity contribution in [3.63, 3.8) is 0 Å². The molecule has 0 spiro atoms. The first-order valence-corrected chi connectivity index (χ1v) is 9.38. The largest absolute Gasteiger partial charge is 0.452 e. The van der Waals surface area contributed by atoms with Crippen molar-refractivity contribution in [2.24, 2.45) is 0 Å². The lowest BCUT2D eigenvalue weighted by Gasteiger charge is -2.21. The molecule has 0 amide bonds. The number of nitrogens with zero attached hydrogens (tertiary/aromatic N) is 4. The van der Waals surface area contributed by atoms with Crippen molar-refractivity contribution in [3.05, 3.63) is 29.6 Å². The highest BCUT2D eigenvalue weighted by atomic mass is 32.2. The van der Waals surface area contributed by atoms with Gasteiger partial charge in [0.15, 0.2) is 5.65 Å². The fourth-order valence-corrected chi connectivity index (χ4v) is 4.69. The summed E-state index contributed by atoms with van der Waals surface area (Å²) in [7, 11) is 0. The molecular weight excluding hydrogens is 365 g/mol. The predicted octanol–water partition coefficient (Wildman–Crippen LogP) is 4.21. The highest BCUT2D eigenvalue weighted by Crippen LogP contribution is 2.38. The van der Waals surface area contributed by atoms with Gasteiger partial charge in [-0.1, -0.05) is 43.2 Å². The van der Waals surface area contributed by atoms with Gasteiger partial charge < -0.3 is 5.11 Å². The Labute approximate surface area is 151 Å². The maximum Gasteiger partial charge on any atom is 0.452 e. The summed E-state index contributed by atoms with van der Waals surface area (Å²) in [6.07, 6.45) is 0.815. The molecule has 9 heteroatoms. The van der Waals surface area contributed by atoms with Gasteiger partial charge in [-0.15, -0.1) is 10.2 Å². The molecule has 1 N–H and O–H groups in total. The second-order valence-corrected chi connectivity index (χ2v) is 7.71. The Hall–Kier alpha value is -1.87. The molecule has 2 heterocycles. The second-order valence-electron chi connectivity index (χ2n) is 6.42. The maximum absolute atomic E-state index is 13.5. The van der Waals surface area contributed by atoms with E-state index < -0.39 is 12.0 Å². The first kappa shape index (κ1) is 17.5. The van der Waals surface area contributed by atoms with Crippen LogP contribution in [0.3, 0.4) is 0 Å². The Kier molecular flexibility index (Phi) is 4.52. The Morgan fingerprint density at radius 2 is 1.92 bits per heavy atom. The molecule has 0 saturated heterocycles. The Morgan fingerprint density at radius 3 is 2.62 bits per heavy atom. The third-order valence-corrected chi connectivity index (χ3v) is 5.96. The zero-order valence-electron chi connectivity index (χ0n) is 13.8. The summed E-state index contributed by atoms with van der Waals surface area (Å²) < 4.78 is 41.4. The van der Waals surface area contributed by atoms with Crippen molar-refractivity contribution in [1.29, 1.82) is 0 Å². The van der Waals surface area contributed by atoms with Gasteiger partial charge >= 0.3 is 6.18 Å². The molecule has 0 unspecified atom stereocenters. The summed E-state index contributed by atoms with van der Waals surface area (Å²) in [5.41, 5.74) is 1.20. The van der Waals surface area contributed by atoms with Crippen LogP contribution in [0.25, 0.3) is 16.7 Å². The summed E-state index contributed by atoms with van der Waals surface area (Å²) >= 11 is 1.47. The number of halogens is 3. The minimum Gasteiger partial charge on any atom is -0.392 e. The fourth-order valence-electron chi connectivity index (χ4n) is 3.42. The molecule has 0 atom stereocenters. The van der Waals surface area contributed by atoms with E-state index in [1.807, 2.05) is 0 Å². The van der Waals surface area contributed by atoms with E-state index in [9.17, 15) is 18.3 Å². The van der Waals surface area contributed by atoms with Crippen LogP contribution in [0.1, 0.15) is 43.5 Å². The minimum absolute atomic E-state index is 0.121. The third-order valence-electron chi connectivity index (χ3n) is 4.66. The van der Waals surface area contributed by atoms with Crippen molar-refractivity contribution >= 4 is 28.4 Å². The van der Waals surface area contributed by atoms with Gasteiger partial charge in [-0.3, -0.25) is 4.40 Å². The number of aliphatic hydroxyl groups excluding tert-OH is 1. The molecule has 1 aromatic carbocycles. The number of aliphatic hydroxyl groups is 1. The number of benzene rings is 1. The molecule has 3 aromatic rings. The lowest BCUT2D eigenvalue weighted by Crippen LogP contribution is -2.13. The quantitative estimate of drug-likeness (QED) is 0.735. The average molecular weight is 382 g/mol. The first-order valence-electron chi connectivity index (χ1n) is 8.50. The van der Waals surface area contributed by atoms with Crippen LogP contribution in [0.5, 0.6) is 0 Å². The van der Waals surface area contributed by atoms with Gasteiger partial charge in [-0.2, -0.15) is 13.2 Å². The van der Waals surface area contributed by atoms with Crippen LogP contribution in [0.15, 0.2) is 23.2 Å². The highest BCUT2D eigenvalue weighted by molar-refractivity contribution is 8.00. The van der Waals surface area contributed by atoms with E-state index in [2.05, 4.69) is 15.2 Å². The highest BCUT2D eigenvalue weighted by Gasteiger charge is 2.38. The van der Waals surface area contributed by atoms with Gasteiger partial charge in [0.2, 0.25) is 5.82 Å². The summed E-state index contributed by atoms with van der Waals surface area (Å²) in [5.74, 6) is -1.07. The Morgan fingerprint density at radius 1 is 1.15 bits per heavy atom. The number of hydrogen-bond donors (Lipinski definition) is 1. The monoisotopic (exact) mass is 382 g/mol. The first-order chi connectivity index (χ1) is 12.5. The molecule has 1 fully saturated rings. The van der Waals surface area contributed by atoms with Crippen LogP contribution < -0.4 is 0 Å². The maximum atomic E-state index is 13.5. The van der Waals surface area contributed by atoms with Gasteiger partial charge in [0.25, 0.3) is 0 Å². The lowest BCUT2D eigenvalue weighted by atomic mass is 10.0. The van der Waals surface area contributed by atoms with Crippen LogP contribution in [0.4, 0.5) is 13.2 Å². The average Bonchev–Trinajstić information content (AvgIpc) is 3.08. The van der Waals surface area contributed by atoms with Crippen molar-refractivity contribution in [2.75, 3.05) is 0 Å². The van der Waals surface area contributed by atoms with E-state index in [0.717, 1.165) is 30.1 Å². The van der Waals surface area contributed by atoms with Crippen LogP contribution in [0, 0.1) is 0 Å². The second kappa shape index (κ2) is 6.70. The smallest absolute Gasteiger partial charge is 0.392 e. The predicted molar refractivity (Wildman–Crippen MR) is 91.9 cm³/mol. The molecule has 4 rings (SSSR count). The Balaban J connectivity index is 1.96. The molecule has 1 aliphatic carbocycles. The van der Waals surface area contributed by atoms with Crippen LogP contribution in [-0.2, 0) is 12.8 Å². The molecule has 26 heavy (non-hydrogen) atoms. The van der Waals surface area contributed by atoms with Gasteiger partial charge in [0, 0.05) is 10.8 Å². The normalized spacial score (nSPS) is 16.6. The molecule has 0 bridgehead atoms. The van der Waals surface area contributed by atoms with Gasteiger partial charge in [0.1, 0.15) is 5.03 Å². The summed E-state index contributed by atoms with van der Waals surface area (Å²) in [5, 5.41) is 17.5. The van der Waals surface area contributed by atoms with Crippen molar-refractivity contribution in [1.82, 2.24) is 19.6 Å². The van der Waals surface area contributed by atoms with Crippen LogP contribution in [0.2, 0.25) is 0 Å². The number of fused-ring (bicyclic) bond motifs is 3. The van der Waals surface area contributed by atoms with E-state index in [1.165, 1.54) is 18.2 Å². The van der Waals surface area contributed by atoms with E-state index in [4.69, 9.17) is 0 Å². The number of thioether (sulfide) groups is 1. The zero-order valence-corrected chi connectivity index (χ0v) is 14.6. The number of rotatable bonds is 3. The van der Waals surface area contributed by atoms with Crippen molar-refractivity contribution in [3.8, 4) is 0 Å². The SMILES string of the molecule is OCc1cccc2c1nc(SC1CCCCC1)c1nnc(C(F)(F)F)n12. The number of para-hydroxylation sites is 1. The molecule has 1 aliphatic rings. The van der Waals surface area contributed by atoms with Crippen LogP contribution >= 0.6 is 11.8 Å². The molecule has 0 aliphatic heterocycles. The topological polar surface area (TPSA) is 63.3 Å². The molecule has 1 saturated carbocycles. The number of alkyl halides is 3. The molecule has 138 valence electrons. The zero-order chi connectivity index (χ0) is 18.3. The van der Waals surface area contributed by atoms with Crippen molar-refractivity contribution < 1.29 is 18.3 Å². The van der Waals surface area contributed by atoms with E-state index >= 15 is 0 Å². The molecule has 0 radical (unpaired) electrons. The Bertz CT molecular complexity index is 950. The lowest BCUT2D eigenvalue weighted by molar-refractivity contribution is -0.145. The summed E-state index contributed by atoms with van der Waals surface area (Å²) in [4.78, 5) is 4.58.